The summed E-state index contributed by atoms with van der Waals surface area (Å²) in [5.41, 5.74) is 6.27. The van der Waals surface area contributed by atoms with Crippen LogP contribution in [0.2, 0.25) is 0 Å². The Kier molecular flexibility index (Phi) is 4.72. The van der Waals surface area contributed by atoms with Crippen LogP contribution in [0.5, 0.6) is 0 Å². The van der Waals surface area contributed by atoms with Crippen molar-refractivity contribution in [3.8, 4) is 0 Å². The zero-order valence-electron chi connectivity index (χ0n) is 11.6. The van der Waals surface area contributed by atoms with Gasteiger partial charge in [0.15, 0.2) is 0 Å². The van der Waals surface area contributed by atoms with Crippen LogP contribution in [0, 0.1) is 5.82 Å². The summed E-state index contributed by atoms with van der Waals surface area (Å²) in [6.07, 6.45) is 0. The summed E-state index contributed by atoms with van der Waals surface area (Å²) in [7, 11) is -3.84. The van der Waals surface area contributed by atoms with Crippen molar-refractivity contribution in [1.29, 1.82) is 0 Å². The molecule has 6 heteroatoms. The Labute approximate surface area is 123 Å². The molecule has 2 aromatic rings. The molecular formula is C15H17FN2O2S. The van der Waals surface area contributed by atoms with Gasteiger partial charge in [0.05, 0.1) is 4.90 Å². The number of nitrogens with two attached hydrogens (primary N) is 1. The van der Waals surface area contributed by atoms with Crippen molar-refractivity contribution < 1.29 is 12.8 Å². The van der Waals surface area contributed by atoms with E-state index in [1.54, 1.807) is 6.92 Å². The van der Waals surface area contributed by atoms with E-state index in [4.69, 9.17) is 5.73 Å². The second kappa shape index (κ2) is 6.34. The third-order valence-electron chi connectivity index (χ3n) is 3.20. The van der Waals surface area contributed by atoms with Crippen LogP contribution >= 0.6 is 0 Å². The van der Waals surface area contributed by atoms with E-state index in [1.165, 1.54) is 18.2 Å². The molecule has 0 saturated carbocycles. The van der Waals surface area contributed by atoms with E-state index in [0.29, 0.717) is 0 Å². The van der Waals surface area contributed by atoms with Gasteiger partial charge in [-0.05, 0) is 24.6 Å². The maximum Gasteiger partial charge on any atom is 0.241 e. The first-order valence-electron chi connectivity index (χ1n) is 6.50. The van der Waals surface area contributed by atoms with Crippen LogP contribution in [-0.2, 0) is 16.6 Å². The zero-order chi connectivity index (χ0) is 15.5. The lowest BCUT2D eigenvalue weighted by molar-refractivity contribution is 0.559. The van der Waals surface area contributed by atoms with E-state index in [2.05, 4.69) is 4.72 Å². The maximum atomic E-state index is 13.7. The quantitative estimate of drug-likeness (QED) is 0.890. The first kappa shape index (κ1) is 15.6. The molecule has 4 nitrogen and oxygen atoms in total. The lowest BCUT2D eigenvalue weighted by atomic mass is 10.1. The SMILES string of the molecule is CC(NS(=O)(=O)c1cccc(F)c1CN)c1ccccc1. The summed E-state index contributed by atoms with van der Waals surface area (Å²) in [5, 5.41) is 0. The summed E-state index contributed by atoms with van der Waals surface area (Å²) in [6.45, 7) is 1.55. The topological polar surface area (TPSA) is 72.2 Å². The highest BCUT2D eigenvalue weighted by Gasteiger charge is 2.22. The Morgan fingerprint density at radius 2 is 1.81 bits per heavy atom. The van der Waals surface area contributed by atoms with Crippen LogP contribution < -0.4 is 10.5 Å². The van der Waals surface area contributed by atoms with Gasteiger partial charge in [0.25, 0.3) is 0 Å². The molecule has 0 aliphatic heterocycles. The van der Waals surface area contributed by atoms with Crippen molar-refractivity contribution in [2.24, 2.45) is 5.73 Å². The monoisotopic (exact) mass is 308 g/mol. The number of hydrogen-bond donors (Lipinski definition) is 2. The van der Waals surface area contributed by atoms with E-state index in [9.17, 15) is 12.8 Å². The highest BCUT2D eigenvalue weighted by Crippen LogP contribution is 2.21. The fourth-order valence-electron chi connectivity index (χ4n) is 2.09. The van der Waals surface area contributed by atoms with Crippen LogP contribution in [0.1, 0.15) is 24.1 Å². The molecule has 0 spiro atoms. The average molecular weight is 308 g/mol. The molecule has 0 heterocycles. The van der Waals surface area contributed by atoms with Gasteiger partial charge in [0, 0.05) is 18.2 Å². The number of sulfonamides is 1. The third kappa shape index (κ3) is 3.47. The Bertz CT molecular complexity index is 718. The lowest BCUT2D eigenvalue weighted by Crippen LogP contribution is -2.28. The van der Waals surface area contributed by atoms with Crippen LogP contribution in [0.25, 0.3) is 0 Å². The molecule has 0 radical (unpaired) electrons. The lowest BCUT2D eigenvalue weighted by Gasteiger charge is -2.16. The first-order chi connectivity index (χ1) is 9.95. The molecule has 2 aromatic carbocycles. The Morgan fingerprint density at radius 1 is 1.14 bits per heavy atom. The van der Waals surface area contributed by atoms with Gasteiger partial charge in [0.2, 0.25) is 10.0 Å². The van der Waals surface area contributed by atoms with Gasteiger partial charge < -0.3 is 5.73 Å². The van der Waals surface area contributed by atoms with Crippen molar-refractivity contribution in [1.82, 2.24) is 4.72 Å². The largest absolute Gasteiger partial charge is 0.326 e. The normalized spacial score (nSPS) is 13.1. The van der Waals surface area contributed by atoms with Crippen molar-refractivity contribution >= 4 is 10.0 Å². The van der Waals surface area contributed by atoms with Gasteiger partial charge in [-0.15, -0.1) is 0 Å². The predicted molar refractivity (Wildman–Crippen MR) is 79.5 cm³/mol. The van der Waals surface area contributed by atoms with Crippen molar-refractivity contribution in [3.63, 3.8) is 0 Å². The Hall–Kier alpha value is -1.76. The minimum atomic E-state index is -3.84. The molecule has 0 fully saturated rings. The summed E-state index contributed by atoms with van der Waals surface area (Å²) in [4.78, 5) is -0.118. The number of hydrogen-bond acceptors (Lipinski definition) is 3. The van der Waals surface area contributed by atoms with E-state index < -0.39 is 21.9 Å². The summed E-state index contributed by atoms with van der Waals surface area (Å²) in [6, 6.07) is 12.6. The highest BCUT2D eigenvalue weighted by molar-refractivity contribution is 7.89. The zero-order valence-corrected chi connectivity index (χ0v) is 12.4. The standard InChI is InChI=1S/C15H17FN2O2S/c1-11(12-6-3-2-4-7-12)18-21(19,20)15-9-5-8-14(16)13(15)10-17/h2-9,11,18H,10,17H2,1H3. The molecule has 1 atom stereocenters. The van der Waals surface area contributed by atoms with Crippen molar-refractivity contribution in [3.05, 3.63) is 65.5 Å². The highest BCUT2D eigenvalue weighted by atomic mass is 32.2. The Morgan fingerprint density at radius 3 is 2.43 bits per heavy atom. The van der Waals surface area contributed by atoms with Crippen molar-refractivity contribution in [2.75, 3.05) is 0 Å². The molecule has 2 rings (SSSR count). The smallest absolute Gasteiger partial charge is 0.241 e. The number of benzene rings is 2. The minimum absolute atomic E-state index is 0.00902. The molecule has 0 aliphatic carbocycles. The van der Waals surface area contributed by atoms with Crippen LogP contribution in [-0.4, -0.2) is 8.42 Å². The molecule has 21 heavy (non-hydrogen) atoms. The number of rotatable bonds is 5. The van der Waals surface area contributed by atoms with E-state index in [1.807, 2.05) is 30.3 Å². The molecule has 0 saturated heterocycles. The second-order valence-electron chi connectivity index (χ2n) is 4.67. The van der Waals surface area contributed by atoms with Crippen LogP contribution in [0.4, 0.5) is 4.39 Å². The third-order valence-corrected chi connectivity index (χ3v) is 4.83. The van der Waals surface area contributed by atoms with Crippen LogP contribution in [0.3, 0.4) is 0 Å². The van der Waals surface area contributed by atoms with E-state index >= 15 is 0 Å². The molecule has 0 aromatic heterocycles. The van der Waals surface area contributed by atoms with Gasteiger partial charge in [-0.1, -0.05) is 36.4 Å². The van der Waals surface area contributed by atoms with E-state index in [-0.39, 0.29) is 17.0 Å². The molecule has 0 aliphatic rings. The Balaban J connectivity index is 2.33. The fourth-order valence-corrected chi connectivity index (χ4v) is 3.59. The molecular weight excluding hydrogens is 291 g/mol. The minimum Gasteiger partial charge on any atom is -0.326 e. The molecule has 0 bridgehead atoms. The molecule has 0 amide bonds. The van der Waals surface area contributed by atoms with Gasteiger partial charge in [-0.2, -0.15) is 0 Å². The molecule has 1 unspecified atom stereocenters. The van der Waals surface area contributed by atoms with Gasteiger partial charge in [0.1, 0.15) is 5.82 Å². The predicted octanol–water partition coefficient (Wildman–Crippen LogP) is 2.32. The summed E-state index contributed by atoms with van der Waals surface area (Å²) in [5.74, 6) is -0.618. The second-order valence-corrected chi connectivity index (χ2v) is 6.36. The van der Waals surface area contributed by atoms with Gasteiger partial charge in [-0.3, -0.25) is 0 Å². The van der Waals surface area contributed by atoms with Crippen LogP contribution in [0.15, 0.2) is 53.4 Å². The number of halogens is 1. The molecule has 3 N–H and O–H groups in total. The maximum absolute atomic E-state index is 13.7. The summed E-state index contributed by atoms with van der Waals surface area (Å²) >= 11 is 0. The first-order valence-corrected chi connectivity index (χ1v) is 7.98. The number of nitrogens with one attached hydrogen (secondary N) is 1. The van der Waals surface area contributed by atoms with E-state index in [0.717, 1.165) is 5.56 Å². The average Bonchev–Trinajstić information content (AvgIpc) is 2.47. The van der Waals surface area contributed by atoms with Gasteiger partial charge >= 0.3 is 0 Å². The summed E-state index contributed by atoms with van der Waals surface area (Å²) < 4.78 is 41.0. The van der Waals surface area contributed by atoms with Crippen molar-refractivity contribution in [2.45, 2.75) is 24.4 Å². The fraction of sp³-hybridized carbons (Fsp3) is 0.200. The molecule has 112 valence electrons. The van der Waals surface area contributed by atoms with Gasteiger partial charge in [-0.25, -0.2) is 17.5 Å².